The number of hydrogen-bond donors (Lipinski definition) is 2. The number of aromatic amines is 1. The lowest BCUT2D eigenvalue weighted by atomic mass is 10.2. The van der Waals surface area contributed by atoms with Gasteiger partial charge in [-0.15, -0.1) is 0 Å². The van der Waals surface area contributed by atoms with Gasteiger partial charge in [0.25, 0.3) is 0 Å². The summed E-state index contributed by atoms with van der Waals surface area (Å²) in [7, 11) is -3.30. The molecule has 0 aromatic carbocycles. The maximum Gasteiger partial charge on any atom is 0.353 e. The van der Waals surface area contributed by atoms with Crippen LogP contribution in [0, 0.1) is 0 Å². The van der Waals surface area contributed by atoms with Crippen LogP contribution in [-0.4, -0.2) is 48.7 Å². The number of nitrogens with one attached hydrogen (secondary N) is 2. The summed E-state index contributed by atoms with van der Waals surface area (Å²) in [5.41, 5.74) is -0.414. The second-order valence-electron chi connectivity index (χ2n) is 6.19. The van der Waals surface area contributed by atoms with E-state index in [0.717, 1.165) is 19.3 Å². The van der Waals surface area contributed by atoms with Crippen molar-refractivity contribution >= 4 is 13.4 Å². The Labute approximate surface area is 165 Å². The van der Waals surface area contributed by atoms with Crippen molar-refractivity contribution in [3.8, 4) is 0 Å². The van der Waals surface area contributed by atoms with E-state index in [1.54, 1.807) is 26.0 Å². The largest absolute Gasteiger partial charge is 0.371 e. The van der Waals surface area contributed by atoms with Crippen molar-refractivity contribution in [2.24, 2.45) is 0 Å². The molecule has 1 aliphatic heterocycles. The zero-order chi connectivity index (χ0) is 20.2. The lowest BCUT2D eigenvalue weighted by Crippen LogP contribution is -2.28. The molecule has 1 aliphatic rings. The van der Waals surface area contributed by atoms with E-state index in [1.807, 2.05) is 0 Å². The van der Waals surface area contributed by atoms with Crippen molar-refractivity contribution in [2.75, 3.05) is 31.7 Å². The standard InChI is InChI=1S/C18H30N3O6P/c1-3-25-28(23,26-4-2)14-10-15(27-17-7-5-6-13-24-17)8-11-19-16-9-12-20-18(22)21-16/h9-10,12,14-15,17H,3-8,11,13H2,1-2H3,(H2,19,20,21,22)/b14-10+/t15-,17+/m1/s1. The predicted octanol–water partition coefficient (Wildman–Crippen LogP) is 3.26. The smallest absolute Gasteiger partial charge is 0.353 e. The number of ether oxygens (including phenoxy) is 2. The average Bonchev–Trinajstić information content (AvgIpc) is 2.67. The topological polar surface area (TPSA) is 112 Å². The maximum atomic E-state index is 12.7. The summed E-state index contributed by atoms with van der Waals surface area (Å²) < 4.78 is 34.9. The van der Waals surface area contributed by atoms with E-state index < -0.39 is 13.3 Å². The van der Waals surface area contributed by atoms with Gasteiger partial charge in [0.15, 0.2) is 6.29 Å². The van der Waals surface area contributed by atoms with Gasteiger partial charge in [0.1, 0.15) is 5.82 Å². The molecule has 158 valence electrons. The molecule has 0 radical (unpaired) electrons. The third-order valence-corrected chi connectivity index (χ3v) is 5.76. The maximum absolute atomic E-state index is 12.7. The first kappa shape index (κ1) is 22.8. The van der Waals surface area contributed by atoms with Gasteiger partial charge in [-0.3, -0.25) is 9.55 Å². The minimum atomic E-state index is -3.30. The van der Waals surface area contributed by atoms with E-state index in [1.165, 1.54) is 12.0 Å². The van der Waals surface area contributed by atoms with Crippen LogP contribution in [0.4, 0.5) is 5.82 Å². The van der Waals surface area contributed by atoms with E-state index >= 15 is 0 Å². The fraction of sp³-hybridized carbons (Fsp3) is 0.667. The molecule has 9 nitrogen and oxygen atoms in total. The average molecular weight is 415 g/mol. The molecular weight excluding hydrogens is 385 g/mol. The molecule has 2 heterocycles. The summed E-state index contributed by atoms with van der Waals surface area (Å²) in [6.07, 6.45) is 5.98. The molecule has 0 unspecified atom stereocenters. The van der Waals surface area contributed by atoms with Crippen LogP contribution < -0.4 is 11.0 Å². The Bertz CT molecular complexity index is 695. The van der Waals surface area contributed by atoms with E-state index in [9.17, 15) is 9.36 Å². The lowest BCUT2D eigenvalue weighted by Gasteiger charge is -2.27. The lowest BCUT2D eigenvalue weighted by molar-refractivity contribution is -0.178. The van der Waals surface area contributed by atoms with Gasteiger partial charge >= 0.3 is 13.3 Å². The van der Waals surface area contributed by atoms with Crippen LogP contribution in [0.25, 0.3) is 0 Å². The minimum Gasteiger partial charge on any atom is -0.371 e. The molecule has 2 N–H and O–H groups in total. The Kier molecular flexibility index (Phi) is 9.87. The van der Waals surface area contributed by atoms with Crippen LogP contribution in [0.5, 0.6) is 0 Å². The Balaban J connectivity index is 1.99. The van der Waals surface area contributed by atoms with Gasteiger partial charge in [0.2, 0.25) is 0 Å². The summed E-state index contributed by atoms with van der Waals surface area (Å²) >= 11 is 0. The van der Waals surface area contributed by atoms with E-state index in [-0.39, 0.29) is 25.6 Å². The highest BCUT2D eigenvalue weighted by Crippen LogP contribution is 2.49. The van der Waals surface area contributed by atoms with E-state index in [0.29, 0.717) is 25.4 Å². The number of H-pyrrole nitrogens is 1. The molecule has 0 saturated carbocycles. The van der Waals surface area contributed by atoms with Crippen LogP contribution in [0.1, 0.15) is 39.5 Å². The van der Waals surface area contributed by atoms with E-state index in [4.69, 9.17) is 18.5 Å². The molecular formula is C18H30N3O6P. The summed E-state index contributed by atoms with van der Waals surface area (Å²) in [6, 6.07) is 1.68. The van der Waals surface area contributed by atoms with Gasteiger partial charge in [-0.25, -0.2) is 9.78 Å². The zero-order valence-electron chi connectivity index (χ0n) is 16.5. The molecule has 10 heteroatoms. The Morgan fingerprint density at radius 1 is 1.39 bits per heavy atom. The SMILES string of the molecule is CCOP(=O)(/C=C/[C@@H](CCNc1ccnc(=O)[nH]1)O[C@H]1CCCCO1)OCC. The van der Waals surface area contributed by atoms with Gasteiger partial charge in [-0.1, -0.05) is 0 Å². The minimum absolute atomic E-state index is 0.288. The van der Waals surface area contributed by atoms with Crippen molar-refractivity contribution in [1.29, 1.82) is 0 Å². The molecule has 0 aliphatic carbocycles. The highest BCUT2D eigenvalue weighted by Gasteiger charge is 2.22. The van der Waals surface area contributed by atoms with E-state index in [2.05, 4.69) is 15.3 Å². The third kappa shape index (κ3) is 8.24. The van der Waals surface area contributed by atoms with Crippen LogP contribution in [0.2, 0.25) is 0 Å². The summed E-state index contributed by atoms with van der Waals surface area (Å²) in [5, 5.41) is 3.12. The molecule has 0 spiro atoms. The number of anilines is 1. The Hall–Kier alpha value is -1.51. The number of hydrogen-bond acceptors (Lipinski definition) is 8. The molecule has 1 fully saturated rings. The molecule has 1 aromatic heterocycles. The summed E-state index contributed by atoms with van der Waals surface area (Å²) in [6.45, 7) is 5.31. The Morgan fingerprint density at radius 2 is 2.18 bits per heavy atom. The van der Waals surface area contributed by atoms with Gasteiger partial charge in [0, 0.05) is 25.2 Å². The van der Waals surface area contributed by atoms with Gasteiger partial charge in [0.05, 0.1) is 19.3 Å². The molecule has 28 heavy (non-hydrogen) atoms. The van der Waals surface area contributed by atoms with Gasteiger partial charge in [-0.2, -0.15) is 0 Å². The van der Waals surface area contributed by atoms with Crippen molar-refractivity contribution < 1.29 is 23.1 Å². The van der Waals surface area contributed by atoms with Gasteiger partial charge < -0.3 is 23.8 Å². The quantitative estimate of drug-likeness (QED) is 0.500. The first-order chi connectivity index (χ1) is 13.5. The van der Waals surface area contributed by atoms with Crippen molar-refractivity contribution in [1.82, 2.24) is 9.97 Å². The highest BCUT2D eigenvalue weighted by molar-refractivity contribution is 7.57. The highest BCUT2D eigenvalue weighted by atomic mass is 31.2. The van der Waals surface area contributed by atoms with Crippen molar-refractivity contribution in [3.63, 3.8) is 0 Å². The Morgan fingerprint density at radius 3 is 2.82 bits per heavy atom. The first-order valence-corrected chi connectivity index (χ1v) is 11.3. The number of aromatic nitrogens is 2. The van der Waals surface area contributed by atoms with Crippen LogP contribution in [0.15, 0.2) is 29.0 Å². The second kappa shape index (κ2) is 12.1. The zero-order valence-corrected chi connectivity index (χ0v) is 17.4. The predicted molar refractivity (Wildman–Crippen MR) is 106 cm³/mol. The summed E-state index contributed by atoms with van der Waals surface area (Å²) in [5.74, 6) is 2.04. The fourth-order valence-electron chi connectivity index (χ4n) is 2.73. The van der Waals surface area contributed by atoms with Gasteiger partial charge in [-0.05, 0) is 51.7 Å². The molecule has 2 atom stereocenters. The van der Waals surface area contributed by atoms with Crippen LogP contribution in [-0.2, 0) is 23.1 Å². The molecule has 2 rings (SSSR count). The molecule has 0 bridgehead atoms. The van der Waals surface area contributed by atoms with Crippen LogP contribution >= 0.6 is 7.60 Å². The van der Waals surface area contributed by atoms with Crippen molar-refractivity contribution in [2.45, 2.75) is 51.9 Å². The first-order valence-electron chi connectivity index (χ1n) is 9.69. The monoisotopic (exact) mass is 415 g/mol. The number of nitrogens with zero attached hydrogens (tertiary/aromatic N) is 1. The normalized spacial score (nSPS) is 19.0. The molecule has 1 saturated heterocycles. The third-order valence-electron chi connectivity index (χ3n) is 3.98. The van der Waals surface area contributed by atoms with Crippen molar-refractivity contribution in [3.05, 3.63) is 34.6 Å². The molecule has 1 aromatic rings. The fourth-order valence-corrected chi connectivity index (χ4v) is 4.10. The second-order valence-corrected chi connectivity index (χ2v) is 8.09. The summed E-state index contributed by atoms with van der Waals surface area (Å²) in [4.78, 5) is 17.5. The molecule has 0 amide bonds. The van der Waals surface area contributed by atoms with Crippen LogP contribution in [0.3, 0.4) is 0 Å². The number of rotatable bonds is 12.